The summed E-state index contributed by atoms with van der Waals surface area (Å²) in [5, 5.41) is 17.9. The predicted octanol–water partition coefficient (Wildman–Crippen LogP) is 1.37. The highest BCUT2D eigenvalue weighted by molar-refractivity contribution is 7.80. The van der Waals surface area contributed by atoms with Crippen molar-refractivity contribution in [2.45, 2.75) is 13.8 Å². The topological polar surface area (TPSA) is 72.4 Å². The Labute approximate surface area is 161 Å². The van der Waals surface area contributed by atoms with Crippen LogP contribution in [0.15, 0.2) is 23.3 Å². The summed E-state index contributed by atoms with van der Waals surface area (Å²) in [6.07, 6.45) is 1.57. The second-order valence-electron chi connectivity index (χ2n) is 6.00. The maximum Gasteiger partial charge on any atom is 0.187 e. The summed E-state index contributed by atoms with van der Waals surface area (Å²) in [6.45, 7) is 11.2. The highest BCUT2D eigenvalue weighted by Gasteiger charge is 2.09. The van der Waals surface area contributed by atoms with Crippen molar-refractivity contribution < 1.29 is 9.84 Å². The third kappa shape index (κ3) is 6.44. The fourth-order valence-corrected chi connectivity index (χ4v) is 2.93. The van der Waals surface area contributed by atoms with E-state index in [0.29, 0.717) is 10.7 Å². The molecule has 0 saturated carbocycles. The largest absolute Gasteiger partial charge is 0.507 e. The van der Waals surface area contributed by atoms with Gasteiger partial charge in [0.05, 0.1) is 19.4 Å². The molecule has 0 bridgehead atoms. The molecule has 0 aromatic heterocycles. The molecule has 1 aromatic rings. The maximum absolute atomic E-state index is 10.2. The third-order valence-electron chi connectivity index (χ3n) is 4.33. The quantitative estimate of drug-likeness (QED) is 0.358. The smallest absolute Gasteiger partial charge is 0.187 e. The molecule has 1 fully saturated rings. The van der Waals surface area contributed by atoms with Crippen molar-refractivity contribution in [3.05, 3.63) is 23.8 Å². The van der Waals surface area contributed by atoms with Gasteiger partial charge in [-0.1, -0.05) is 0 Å². The first-order valence-electron chi connectivity index (χ1n) is 9.09. The van der Waals surface area contributed by atoms with Gasteiger partial charge in [-0.15, -0.1) is 0 Å². The van der Waals surface area contributed by atoms with Crippen molar-refractivity contribution >= 4 is 29.2 Å². The summed E-state index contributed by atoms with van der Waals surface area (Å²) >= 11 is 5.21. The molecule has 0 unspecified atom stereocenters. The molecule has 144 valence electrons. The standard InChI is InChI=1S/C18H29N5O2S/c1-3-23(4-2)16-6-5-15(17(24)13-16)14-20-21-18(26)19-7-8-22-9-11-25-12-10-22/h5-6,13-14,24H,3-4,7-12H2,1-2H3,(H2,19,21,26)/b20-14+. The van der Waals surface area contributed by atoms with E-state index in [2.05, 4.69) is 39.5 Å². The minimum atomic E-state index is 0.200. The van der Waals surface area contributed by atoms with Crippen LogP contribution in [0.2, 0.25) is 0 Å². The summed E-state index contributed by atoms with van der Waals surface area (Å²) < 4.78 is 5.32. The third-order valence-corrected chi connectivity index (χ3v) is 4.57. The fraction of sp³-hybridized carbons (Fsp3) is 0.556. The van der Waals surface area contributed by atoms with E-state index < -0.39 is 0 Å². The molecule has 0 aliphatic carbocycles. The van der Waals surface area contributed by atoms with E-state index in [-0.39, 0.29) is 5.75 Å². The predicted molar refractivity (Wildman–Crippen MR) is 110 cm³/mol. The second kappa shape index (κ2) is 10.9. The van der Waals surface area contributed by atoms with Gasteiger partial charge in [0, 0.05) is 56.6 Å². The average molecular weight is 380 g/mol. The van der Waals surface area contributed by atoms with Crippen molar-refractivity contribution in [1.82, 2.24) is 15.6 Å². The zero-order valence-electron chi connectivity index (χ0n) is 15.6. The first kappa shape index (κ1) is 20.4. The van der Waals surface area contributed by atoms with Crippen LogP contribution in [0.4, 0.5) is 5.69 Å². The molecule has 1 aromatic carbocycles. The Balaban J connectivity index is 1.75. The van der Waals surface area contributed by atoms with Gasteiger partial charge in [0.25, 0.3) is 0 Å². The van der Waals surface area contributed by atoms with Crippen LogP contribution in [-0.4, -0.2) is 73.8 Å². The summed E-state index contributed by atoms with van der Waals surface area (Å²) in [5.74, 6) is 0.200. The molecule has 2 rings (SSSR count). The number of phenols is 1. The number of hydrogen-bond donors (Lipinski definition) is 3. The number of aromatic hydroxyl groups is 1. The number of benzene rings is 1. The number of hydrazone groups is 1. The number of rotatable bonds is 8. The lowest BCUT2D eigenvalue weighted by molar-refractivity contribution is 0.0389. The molecular formula is C18H29N5O2S. The first-order chi connectivity index (χ1) is 12.6. The van der Waals surface area contributed by atoms with E-state index in [4.69, 9.17) is 17.0 Å². The Bertz CT molecular complexity index is 601. The molecule has 1 aliphatic heterocycles. The second-order valence-corrected chi connectivity index (χ2v) is 6.40. The van der Waals surface area contributed by atoms with Gasteiger partial charge in [-0.2, -0.15) is 5.10 Å². The normalized spacial score (nSPS) is 15.2. The maximum atomic E-state index is 10.2. The highest BCUT2D eigenvalue weighted by atomic mass is 32.1. The summed E-state index contributed by atoms with van der Waals surface area (Å²) in [5.41, 5.74) is 4.42. The first-order valence-corrected chi connectivity index (χ1v) is 9.49. The summed E-state index contributed by atoms with van der Waals surface area (Å²) in [7, 11) is 0. The van der Waals surface area contributed by atoms with Gasteiger partial charge in [-0.3, -0.25) is 10.3 Å². The molecule has 0 radical (unpaired) electrons. The van der Waals surface area contributed by atoms with Gasteiger partial charge in [-0.25, -0.2) is 0 Å². The van der Waals surface area contributed by atoms with Gasteiger partial charge in [0.2, 0.25) is 0 Å². The van der Waals surface area contributed by atoms with E-state index in [1.54, 1.807) is 12.3 Å². The molecule has 26 heavy (non-hydrogen) atoms. The lowest BCUT2D eigenvalue weighted by Crippen LogP contribution is -2.42. The van der Waals surface area contributed by atoms with Gasteiger partial charge in [0.1, 0.15) is 5.75 Å². The Morgan fingerprint density at radius 1 is 1.35 bits per heavy atom. The number of nitrogens with one attached hydrogen (secondary N) is 2. The lowest BCUT2D eigenvalue weighted by atomic mass is 10.2. The molecule has 0 spiro atoms. The molecular weight excluding hydrogens is 350 g/mol. The Hall–Kier alpha value is -1.90. The van der Waals surface area contributed by atoms with Crippen molar-refractivity contribution in [1.29, 1.82) is 0 Å². The van der Waals surface area contributed by atoms with Gasteiger partial charge in [-0.05, 0) is 38.2 Å². The number of anilines is 1. The number of ether oxygens (including phenoxy) is 1. The molecule has 1 aliphatic rings. The van der Waals surface area contributed by atoms with Crippen molar-refractivity contribution in [2.24, 2.45) is 5.10 Å². The highest BCUT2D eigenvalue weighted by Crippen LogP contribution is 2.23. The van der Waals surface area contributed by atoms with E-state index in [1.165, 1.54) is 0 Å². The minimum absolute atomic E-state index is 0.200. The lowest BCUT2D eigenvalue weighted by Gasteiger charge is -2.26. The van der Waals surface area contributed by atoms with Gasteiger partial charge < -0.3 is 20.1 Å². The molecule has 1 saturated heterocycles. The fourth-order valence-electron chi connectivity index (χ4n) is 2.78. The van der Waals surface area contributed by atoms with Crippen LogP contribution in [0, 0.1) is 0 Å². The number of thiocarbonyl (C=S) groups is 1. The molecule has 3 N–H and O–H groups in total. The number of nitrogens with zero attached hydrogens (tertiary/aromatic N) is 3. The molecule has 0 amide bonds. The Kier molecular flexibility index (Phi) is 8.60. The summed E-state index contributed by atoms with van der Waals surface area (Å²) in [4.78, 5) is 4.50. The Morgan fingerprint density at radius 3 is 2.73 bits per heavy atom. The van der Waals surface area contributed by atoms with E-state index in [1.807, 2.05) is 12.1 Å². The average Bonchev–Trinajstić information content (AvgIpc) is 2.65. The van der Waals surface area contributed by atoms with Crippen LogP contribution in [0.1, 0.15) is 19.4 Å². The number of phenolic OH excluding ortho intramolecular Hbond substituents is 1. The van der Waals surface area contributed by atoms with Crippen LogP contribution in [0.25, 0.3) is 0 Å². The van der Waals surface area contributed by atoms with Crippen LogP contribution < -0.4 is 15.6 Å². The van der Waals surface area contributed by atoms with Gasteiger partial charge >= 0.3 is 0 Å². The van der Waals surface area contributed by atoms with Crippen LogP contribution in [0.3, 0.4) is 0 Å². The molecule has 7 nitrogen and oxygen atoms in total. The zero-order valence-corrected chi connectivity index (χ0v) is 16.4. The molecule has 1 heterocycles. The SMILES string of the molecule is CCN(CC)c1ccc(/C=N/NC(=S)NCCN2CCOCC2)c(O)c1. The van der Waals surface area contributed by atoms with E-state index in [0.717, 1.165) is 58.2 Å². The van der Waals surface area contributed by atoms with Crippen molar-refractivity contribution in [2.75, 3.05) is 57.4 Å². The van der Waals surface area contributed by atoms with Crippen LogP contribution in [-0.2, 0) is 4.74 Å². The molecule has 8 heteroatoms. The molecule has 0 atom stereocenters. The Morgan fingerprint density at radius 2 is 2.08 bits per heavy atom. The van der Waals surface area contributed by atoms with Crippen molar-refractivity contribution in [3.63, 3.8) is 0 Å². The zero-order chi connectivity index (χ0) is 18.8. The van der Waals surface area contributed by atoms with Crippen LogP contribution in [0.5, 0.6) is 5.75 Å². The monoisotopic (exact) mass is 379 g/mol. The van der Waals surface area contributed by atoms with Crippen molar-refractivity contribution in [3.8, 4) is 5.75 Å². The van der Waals surface area contributed by atoms with Gasteiger partial charge in [0.15, 0.2) is 5.11 Å². The number of morpholine rings is 1. The minimum Gasteiger partial charge on any atom is -0.507 e. The number of hydrogen-bond acceptors (Lipinski definition) is 6. The van der Waals surface area contributed by atoms with Crippen LogP contribution >= 0.6 is 12.2 Å². The summed E-state index contributed by atoms with van der Waals surface area (Å²) in [6, 6.07) is 5.59. The van der Waals surface area contributed by atoms with E-state index >= 15 is 0 Å². The van der Waals surface area contributed by atoms with E-state index in [9.17, 15) is 5.11 Å².